The van der Waals surface area contributed by atoms with Crippen molar-refractivity contribution in [1.29, 1.82) is 0 Å². The standard InChI is InChI=1S/C20H31FN4O2S/c1-22-20(23-11-13-28(26,27)19-9-5-4-8-18(19)21)24-17-10-12-25(15-17)14-16-6-2-3-7-16/h4-5,8-9,16-17H,2-3,6-7,10-15H2,1H3,(H2,22,23,24). The first-order valence-electron chi connectivity index (χ1n) is 10.1. The molecule has 2 N–H and O–H groups in total. The summed E-state index contributed by atoms with van der Waals surface area (Å²) in [6, 6.07) is 5.79. The molecule has 1 saturated carbocycles. The smallest absolute Gasteiger partial charge is 0.191 e. The normalized spacial score (nSPS) is 21.9. The van der Waals surface area contributed by atoms with Crippen LogP contribution in [0.3, 0.4) is 0 Å². The molecule has 1 heterocycles. The second-order valence-corrected chi connectivity index (χ2v) is 9.87. The van der Waals surface area contributed by atoms with Gasteiger partial charge in [0, 0.05) is 39.3 Å². The van der Waals surface area contributed by atoms with E-state index >= 15 is 0 Å². The molecule has 2 fully saturated rings. The number of hydrogen-bond acceptors (Lipinski definition) is 4. The fraction of sp³-hybridized carbons (Fsp3) is 0.650. The largest absolute Gasteiger partial charge is 0.355 e. The van der Waals surface area contributed by atoms with Crippen molar-refractivity contribution in [3.63, 3.8) is 0 Å². The van der Waals surface area contributed by atoms with Gasteiger partial charge in [-0.1, -0.05) is 25.0 Å². The van der Waals surface area contributed by atoms with Crippen LogP contribution in [0.5, 0.6) is 0 Å². The van der Waals surface area contributed by atoms with Crippen LogP contribution in [-0.2, 0) is 9.84 Å². The first-order valence-corrected chi connectivity index (χ1v) is 11.8. The van der Waals surface area contributed by atoms with E-state index in [1.165, 1.54) is 50.4 Å². The minimum Gasteiger partial charge on any atom is -0.355 e. The molecule has 28 heavy (non-hydrogen) atoms. The average molecular weight is 411 g/mol. The Bertz CT molecular complexity index is 778. The Morgan fingerprint density at radius 1 is 1.25 bits per heavy atom. The second-order valence-electron chi connectivity index (χ2n) is 7.79. The Hall–Kier alpha value is -1.67. The maximum atomic E-state index is 13.7. The van der Waals surface area contributed by atoms with Crippen LogP contribution >= 0.6 is 0 Å². The first-order chi connectivity index (χ1) is 13.5. The van der Waals surface area contributed by atoms with Crippen molar-refractivity contribution in [2.45, 2.75) is 43.0 Å². The van der Waals surface area contributed by atoms with Gasteiger partial charge in [-0.05, 0) is 37.3 Å². The van der Waals surface area contributed by atoms with Crippen LogP contribution in [0.2, 0.25) is 0 Å². The number of nitrogens with zero attached hydrogens (tertiary/aromatic N) is 2. The summed E-state index contributed by atoms with van der Waals surface area (Å²) < 4.78 is 38.4. The third kappa shape index (κ3) is 5.67. The lowest BCUT2D eigenvalue weighted by molar-refractivity contribution is 0.275. The van der Waals surface area contributed by atoms with Crippen molar-refractivity contribution < 1.29 is 12.8 Å². The zero-order chi connectivity index (χ0) is 20.0. The van der Waals surface area contributed by atoms with Gasteiger partial charge < -0.3 is 15.5 Å². The maximum absolute atomic E-state index is 13.7. The van der Waals surface area contributed by atoms with Gasteiger partial charge in [-0.25, -0.2) is 12.8 Å². The highest BCUT2D eigenvalue weighted by atomic mass is 32.2. The van der Waals surface area contributed by atoms with Crippen molar-refractivity contribution in [3.8, 4) is 0 Å². The van der Waals surface area contributed by atoms with E-state index < -0.39 is 15.7 Å². The van der Waals surface area contributed by atoms with Crippen LogP contribution in [0.4, 0.5) is 4.39 Å². The van der Waals surface area contributed by atoms with Crippen molar-refractivity contribution in [2.75, 3.05) is 39.0 Å². The third-order valence-electron chi connectivity index (χ3n) is 5.66. The van der Waals surface area contributed by atoms with E-state index in [2.05, 4.69) is 20.5 Å². The molecule has 156 valence electrons. The van der Waals surface area contributed by atoms with Crippen LogP contribution < -0.4 is 10.6 Å². The molecule has 0 radical (unpaired) electrons. The topological polar surface area (TPSA) is 73.8 Å². The number of likely N-dealkylation sites (tertiary alicyclic amines) is 1. The van der Waals surface area contributed by atoms with Crippen LogP contribution in [0.1, 0.15) is 32.1 Å². The number of rotatable bonds is 7. The Labute approximate surface area is 167 Å². The van der Waals surface area contributed by atoms with Gasteiger partial charge in [0.1, 0.15) is 10.7 Å². The van der Waals surface area contributed by atoms with Gasteiger partial charge in [0.2, 0.25) is 0 Å². The molecule has 1 unspecified atom stereocenters. The lowest BCUT2D eigenvalue weighted by Crippen LogP contribution is -2.46. The predicted octanol–water partition coefficient (Wildman–Crippen LogP) is 2.03. The summed E-state index contributed by atoms with van der Waals surface area (Å²) in [5.41, 5.74) is 0. The molecule has 0 spiro atoms. The highest BCUT2D eigenvalue weighted by molar-refractivity contribution is 7.91. The Morgan fingerprint density at radius 2 is 2.00 bits per heavy atom. The molecule has 3 rings (SSSR count). The second kappa shape index (κ2) is 9.69. The van der Waals surface area contributed by atoms with Gasteiger partial charge in [-0.3, -0.25) is 4.99 Å². The van der Waals surface area contributed by atoms with E-state index in [0.717, 1.165) is 31.5 Å². The van der Waals surface area contributed by atoms with Crippen LogP contribution in [0, 0.1) is 11.7 Å². The molecule has 8 heteroatoms. The third-order valence-corrected chi connectivity index (χ3v) is 7.41. The molecule has 1 aromatic carbocycles. The van der Waals surface area contributed by atoms with Crippen molar-refractivity contribution in [2.24, 2.45) is 10.9 Å². The average Bonchev–Trinajstić information content (AvgIpc) is 3.33. The minimum absolute atomic E-state index is 0.175. The molecular weight excluding hydrogens is 379 g/mol. The van der Waals surface area contributed by atoms with Crippen molar-refractivity contribution in [1.82, 2.24) is 15.5 Å². The molecule has 1 aliphatic carbocycles. The van der Waals surface area contributed by atoms with Gasteiger partial charge in [-0.2, -0.15) is 0 Å². The molecule has 1 aliphatic heterocycles. The van der Waals surface area contributed by atoms with Gasteiger partial charge in [0.05, 0.1) is 5.75 Å². The number of sulfone groups is 1. The van der Waals surface area contributed by atoms with E-state index in [1.807, 2.05) is 0 Å². The predicted molar refractivity (Wildman–Crippen MR) is 110 cm³/mol. The molecule has 1 saturated heterocycles. The fourth-order valence-corrected chi connectivity index (χ4v) is 5.41. The molecular formula is C20H31FN4O2S. The molecule has 1 aromatic rings. The number of halogens is 1. The zero-order valence-corrected chi connectivity index (χ0v) is 17.3. The monoisotopic (exact) mass is 410 g/mol. The summed E-state index contributed by atoms with van der Waals surface area (Å²) in [5, 5.41) is 6.43. The van der Waals surface area contributed by atoms with E-state index in [1.54, 1.807) is 7.05 Å². The summed E-state index contributed by atoms with van der Waals surface area (Å²) >= 11 is 0. The van der Waals surface area contributed by atoms with E-state index in [4.69, 9.17) is 0 Å². The summed E-state index contributed by atoms with van der Waals surface area (Å²) in [6.07, 6.45) is 6.50. The van der Waals surface area contributed by atoms with Gasteiger partial charge in [-0.15, -0.1) is 0 Å². The summed E-state index contributed by atoms with van der Waals surface area (Å²) in [4.78, 5) is 6.46. The van der Waals surface area contributed by atoms with Crippen LogP contribution in [0.25, 0.3) is 0 Å². The Balaban J connectivity index is 1.43. The molecule has 6 nitrogen and oxygen atoms in total. The fourth-order valence-electron chi connectivity index (χ4n) is 4.17. The quantitative estimate of drug-likeness (QED) is 0.532. The van der Waals surface area contributed by atoms with Gasteiger partial charge >= 0.3 is 0 Å². The molecule has 0 aromatic heterocycles. The molecule has 0 bridgehead atoms. The van der Waals surface area contributed by atoms with Crippen LogP contribution in [0.15, 0.2) is 34.2 Å². The van der Waals surface area contributed by atoms with Crippen LogP contribution in [-0.4, -0.2) is 64.3 Å². The molecule has 1 atom stereocenters. The highest BCUT2D eigenvalue weighted by Gasteiger charge is 2.26. The lowest BCUT2D eigenvalue weighted by Gasteiger charge is -2.21. The first kappa shape index (κ1) is 21.0. The zero-order valence-electron chi connectivity index (χ0n) is 16.5. The number of nitrogens with one attached hydrogen (secondary N) is 2. The summed E-state index contributed by atoms with van der Waals surface area (Å²) in [7, 11) is -2.00. The maximum Gasteiger partial charge on any atom is 0.191 e. The van der Waals surface area contributed by atoms with Crippen molar-refractivity contribution >= 4 is 15.8 Å². The number of hydrogen-bond donors (Lipinski definition) is 2. The SMILES string of the molecule is CN=C(NCCS(=O)(=O)c1ccccc1F)NC1CCN(CC2CCCC2)C1. The number of aliphatic imine (C=N–C) groups is 1. The van der Waals surface area contributed by atoms with Gasteiger partial charge in [0.25, 0.3) is 0 Å². The van der Waals surface area contributed by atoms with Crippen molar-refractivity contribution in [3.05, 3.63) is 30.1 Å². The number of guanidine groups is 1. The minimum atomic E-state index is -3.67. The molecule has 2 aliphatic rings. The van der Waals surface area contributed by atoms with E-state index in [-0.39, 0.29) is 17.2 Å². The van der Waals surface area contributed by atoms with E-state index in [9.17, 15) is 12.8 Å². The van der Waals surface area contributed by atoms with Gasteiger partial charge in [0.15, 0.2) is 15.8 Å². The highest BCUT2D eigenvalue weighted by Crippen LogP contribution is 2.26. The Kier molecular flexibility index (Phi) is 7.29. The summed E-state index contributed by atoms with van der Waals surface area (Å²) in [5.74, 6) is 0.544. The lowest BCUT2D eigenvalue weighted by atomic mass is 10.1. The summed E-state index contributed by atoms with van der Waals surface area (Å²) in [6.45, 7) is 3.44. The Morgan fingerprint density at radius 3 is 2.71 bits per heavy atom. The molecule has 0 amide bonds. The van der Waals surface area contributed by atoms with E-state index in [0.29, 0.717) is 12.0 Å². The number of benzene rings is 1.